The van der Waals surface area contributed by atoms with Crippen LogP contribution in [0.25, 0.3) is 6.08 Å². The lowest BCUT2D eigenvalue weighted by molar-refractivity contribution is -0.126. The van der Waals surface area contributed by atoms with Gasteiger partial charge in [0.25, 0.3) is 0 Å². The molecule has 0 saturated carbocycles. The summed E-state index contributed by atoms with van der Waals surface area (Å²) in [6, 6.07) is 17.6. The fraction of sp³-hybridized carbons (Fsp3) is 0.318. The summed E-state index contributed by atoms with van der Waals surface area (Å²) in [5, 5.41) is 9.15. The average molecular weight is 369 g/mol. The van der Waals surface area contributed by atoms with E-state index in [9.17, 15) is 4.79 Å². The number of aliphatic hydroxyl groups is 1. The zero-order valence-electron chi connectivity index (χ0n) is 15.7. The predicted molar refractivity (Wildman–Crippen MR) is 106 cm³/mol. The predicted octanol–water partition coefficient (Wildman–Crippen LogP) is 3.14. The molecule has 2 aromatic rings. The van der Waals surface area contributed by atoms with Crippen molar-refractivity contribution in [1.82, 2.24) is 4.90 Å². The number of rotatable bonds is 11. The van der Waals surface area contributed by atoms with Crippen LogP contribution in [0.4, 0.5) is 0 Å². The average Bonchev–Trinajstić information content (AvgIpc) is 2.71. The Morgan fingerprint density at radius 1 is 1.11 bits per heavy atom. The van der Waals surface area contributed by atoms with Crippen molar-refractivity contribution in [3.63, 3.8) is 0 Å². The van der Waals surface area contributed by atoms with Crippen molar-refractivity contribution in [2.75, 3.05) is 33.4 Å². The first-order valence-electron chi connectivity index (χ1n) is 9.06. The first-order valence-corrected chi connectivity index (χ1v) is 9.06. The Morgan fingerprint density at radius 2 is 1.93 bits per heavy atom. The van der Waals surface area contributed by atoms with Gasteiger partial charge in [-0.2, -0.15) is 0 Å². The fourth-order valence-corrected chi connectivity index (χ4v) is 2.57. The highest BCUT2D eigenvalue weighted by Gasteiger charge is 2.09. The Morgan fingerprint density at radius 3 is 2.67 bits per heavy atom. The summed E-state index contributed by atoms with van der Waals surface area (Å²) >= 11 is 0. The van der Waals surface area contributed by atoms with Crippen molar-refractivity contribution in [3.8, 4) is 5.75 Å². The molecule has 0 saturated heterocycles. The molecule has 0 spiro atoms. The van der Waals surface area contributed by atoms with E-state index in [-0.39, 0.29) is 12.5 Å². The molecule has 0 aliphatic rings. The monoisotopic (exact) mass is 369 g/mol. The zero-order chi connectivity index (χ0) is 19.3. The Kier molecular flexibility index (Phi) is 9.10. The molecule has 2 aromatic carbocycles. The van der Waals surface area contributed by atoms with E-state index >= 15 is 0 Å². The highest BCUT2D eigenvalue weighted by Crippen LogP contribution is 2.16. The molecule has 0 aliphatic carbocycles. The minimum absolute atomic E-state index is 0.0601. The second-order valence-electron chi connectivity index (χ2n) is 6.08. The van der Waals surface area contributed by atoms with Crippen LogP contribution in [0.5, 0.6) is 5.75 Å². The van der Waals surface area contributed by atoms with Gasteiger partial charge in [0, 0.05) is 32.9 Å². The summed E-state index contributed by atoms with van der Waals surface area (Å²) in [4.78, 5) is 14.0. The summed E-state index contributed by atoms with van der Waals surface area (Å²) in [6.45, 7) is 1.89. The van der Waals surface area contributed by atoms with Gasteiger partial charge < -0.3 is 19.5 Å². The molecule has 0 fully saturated rings. The number of benzene rings is 2. The van der Waals surface area contributed by atoms with E-state index in [1.54, 1.807) is 18.1 Å². The van der Waals surface area contributed by atoms with E-state index in [0.29, 0.717) is 26.3 Å². The molecule has 27 heavy (non-hydrogen) atoms. The van der Waals surface area contributed by atoms with Gasteiger partial charge in [0.15, 0.2) is 0 Å². The number of amides is 1. The van der Waals surface area contributed by atoms with Crippen molar-refractivity contribution < 1.29 is 19.4 Å². The molecule has 0 radical (unpaired) electrons. The van der Waals surface area contributed by atoms with Crippen molar-refractivity contribution >= 4 is 12.0 Å². The lowest BCUT2D eigenvalue weighted by atomic mass is 10.2. The molecule has 2 rings (SSSR count). The summed E-state index contributed by atoms with van der Waals surface area (Å²) < 4.78 is 10.8. The van der Waals surface area contributed by atoms with Crippen molar-refractivity contribution in [2.24, 2.45) is 0 Å². The molecule has 0 unspecified atom stereocenters. The van der Waals surface area contributed by atoms with Crippen LogP contribution in [-0.2, 0) is 16.1 Å². The summed E-state index contributed by atoms with van der Waals surface area (Å²) in [7, 11) is 1.63. The maximum Gasteiger partial charge on any atom is 0.246 e. The molecule has 1 amide bonds. The van der Waals surface area contributed by atoms with Gasteiger partial charge in [0.1, 0.15) is 12.4 Å². The third-order valence-electron chi connectivity index (χ3n) is 3.98. The highest BCUT2D eigenvalue weighted by molar-refractivity contribution is 5.91. The fourth-order valence-electron chi connectivity index (χ4n) is 2.57. The lowest BCUT2D eigenvalue weighted by Crippen LogP contribution is -2.33. The van der Waals surface area contributed by atoms with E-state index in [4.69, 9.17) is 14.6 Å². The van der Waals surface area contributed by atoms with Gasteiger partial charge in [-0.05, 0) is 35.8 Å². The van der Waals surface area contributed by atoms with Crippen LogP contribution in [-0.4, -0.2) is 49.3 Å². The van der Waals surface area contributed by atoms with Crippen LogP contribution in [0.2, 0.25) is 0 Å². The molecule has 144 valence electrons. The molecule has 1 N–H and O–H groups in total. The standard InChI is InChI=1S/C22H27NO4/c1-26-16-6-13-23(14-15-24)22(25)12-11-19-9-5-10-21(17-19)27-18-20-7-3-2-4-8-20/h2-5,7-12,17,24H,6,13-16,18H2,1H3/b12-11+. The quantitative estimate of drug-likeness (QED) is 0.488. The van der Waals surface area contributed by atoms with E-state index in [0.717, 1.165) is 23.3 Å². The molecule has 0 bridgehead atoms. The Balaban J connectivity index is 1.93. The number of carbonyl (C=O) groups excluding carboxylic acids is 1. The third kappa shape index (κ3) is 7.64. The Labute approximate surface area is 160 Å². The largest absolute Gasteiger partial charge is 0.489 e. The molecule has 0 aliphatic heterocycles. The SMILES string of the molecule is COCCCN(CCO)C(=O)/C=C/c1cccc(OCc2ccccc2)c1. The minimum atomic E-state index is -0.129. The molecule has 0 atom stereocenters. The van der Waals surface area contributed by atoms with Crippen LogP contribution in [0.1, 0.15) is 17.5 Å². The second-order valence-corrected chi connectivity index (χ2v) is 6.08. The maximum atomic E-state index is 12.4. The van der Waals surface area contributed by atoms with Crippen LogP contribution < -0.4 is 4.74 Å². The molecule has 0 aromatic heterocycles. The minimum Gasteiger partial charge on any atom is -0.489 e. The number of aliphatic hydroxyl groups excluding tert-OH is 1. The van der Waals surface area contributed by atoms with Gasteiger partial charge in [0.2, 0.25) is 5.91 Å². The Hall–Kier alpha value is -2.63. The third-order valence-corrected chi connectivity index (χ3v) is 3.98. The van der Waals surface area contributed by atoms with Gasteiger partial charge in [0.05, 0.1) is 6.61 Å². The van der Waals surface area contributed by atoms with Crippen LogP contribution >= 0.6 is 0 Å². The van der Waals surface area contributed by atoms with Crippen molar-refractivity contribution in [1.29, 1.82) is 0 Å². The van der Waals surface area contributed by atoms with Gasteiger partial charge in [-0.15, -0.1) is 0 Å². The van der Waals surface area contributed by atoms with E-state index in [1.807, 2.05) is 54.6 Å². The van der Waals surface area contributed by atoms with Gasteiger partial charge >= 0.3 is 0 Å². The molecular formula is C22H27NO4. The normalized spacial score (nSPS) is 10.9. The van der Waals surface area contributed by atoms with Crippen molar-refractivity contribution in [3.05, 3.63) is 71.8 Å². The van der Waals surface area contributed by atoms with Crippen LogP contribution in [0.3, 0.4) is 0 Å². The number of hydrogen-bond acceptors (Lipinski definition) is 4. The lowest BCUT2D eigenvalue weighted by Gasteiger charge is -2.19. The highest BCUT2D eigenvalue weighted by atomic mass is 16.5. The molecular weight excluding hydrogens is 342 g/mol. The van der Waals surface area contributed by atoms with Gasteiger partial charge in [-0.1, -0.05) is 42.5 Å². The molecule has 5 nitrogen and oxygen atoms in total. The van der Waals surface area contributed by atoms with Crippen LogP contribution in [0.15, 0.2) is 60.7 Å². The molecule has 0 heterocycles. The number of methoxy groups -OCH3 is 1. The first-order chi connectivity index (χ1) is 13.2. The van der Waals surface area contributed by atoms with E-state index in [1.165, 1.54) is 6.08 Å². The summed E-state index contributed by atoms with van der Waals surface area (Å²) in [5.74, 6) is 0.622. The smallest absolute Gasteiger partial charge is 0.246 e. The number of nitrogens with zero attached hydrogens (tertiary/aromatic N) is 1. The number of hydrogen-bond donors (Lipinski definition) is 1. The zero-order valence-corrected chi connectivity index (χ0v) is 15.7. The van der Waals surface area contributed by atoms with E-state index in [2.05, 4.69) is 0 Å². The topological polar surface area (TPSA) is 59.0 Å². The number of ether oxygens (including phenoxy) is 2. The molecule has 5 heteroatoms. The van der Waals surface area contributed by atoms with Crippen molar-refractivity contribution in [2.45, 2.75) is 13.0 Å². The second kappa shape index (κ2) is 11.9. The number of carbonyl (C=O) groups is 1. The van der Waals surface area contributed by atoms with Gasteiger partial charge in [-0.3, -0.25) is 4.79 Å². The van der Waals surface area contributed by atoms with Gasteiger partial charge in [-0.25, -0.2) is 0 Å². The maximum absolute atomic E-state index is 12.4. The Bertz CT molecular complexity index is 715. The van der Waals surface area contributed by atoms with E-state index < -0.39 is 0 Å². The first kappa shape index (κ1) is 20.7. The van der Waals surface area contributed by atoms with Crippen LogP contribution in [0, 0.1) is 0 Å². The summed E-state index contributed by atoms with van der Waals surface area (Å²) in [5.41, 5.74) is 1.99. The summed E-state index contributed by atoms with van der Waals surface area (Å²) in [6.07, 6.45) is 4.02.